The van der Waals surface area contributed by atoms with Crippen LogP contribution in [-0.2, 0) is 0 Å². The summed E-state index contributed by atoms with van der Waals surface area (Å²) in [6.45, 7) is 4.42. The fourth-order valence-corrected chi connectivity index (χ4v) is 1.45. The van der Waals surface area contributed by atoms with Crippen molar-refractivity contribution in [1.29, 1.82) is 0 Å². The average Bonchev–Trinajstić information content (AvgIpc) is 2.45. The molecule has 0 atom stereocenters. The van der Waals surface area contributed by atoms with Crippen molar-refractivity contribution in [2.24, 2.45) is 10.2 Å². The van der Waals surface area contributed by atoms with Crippen LogP contribution in [0.5, 0.6) is 0 Å². The predicted octanol–water partition coefficient (Wildman–Crippen LogP) is 4.70. The highest BCUT2D eigenvalue weighted by Crippen LogP contribution is 2.19. The normalized spacial score (nSPS) is 10.4. The monoisotopic (exact) mass is 237 g/mol. The van der Waals surface area contributed by atoms with Crippen LogP contribution in [0, 0.1) is 0 Å². The first-order chi connectivity index (χ1) is 8.88. The van der Waals surface area contributed by atoms with Gasteiger partial charge < -0.3 is 5.32 Å². The summed E-state index contributed by atoms with van der Waals surface area (Å²) in [5, 5.41) is 11.5. The molecule has 0 saturated carbocycles. The Balaban J connectivity index is 2.02. The first kappa shape index (κ1) is 12.0. The van der Waals surface area contributed by atoms with Gasteiger partial charge in [0.25, 0.3) is 0 Å². The largest absolute Gasteiger partial charge is 0.382 e. The Bertz CT molecular complexity index is 515. The highest BCUT2D eigenvalue weighted by Gasteiger charge is 1.92. The van der Waals surface area contributed by atoms with Crippen molar-refractivity contribution in [3.8, 4) is 0 Å². The zero-order valence-electron chi connectivity index (χ0n) is 10.1. The zero-order valence-corrected chi connectivity index (χ0v) is 10.1. The Labute approximate surface area is 107 Å². The smallest absolute Gasteiger partial charge is 0.0858 e. The van der Waals surface area contributed by atoms with E-state index in [0.29, 0.717) is 0 Å². The van der Waals surface area contributed by atoms with Crippen LogP contribution in [0.25, 0.3) is 0 Å². The molecule has 0 aliphatic heterocycles. The molecule has 0 unspecified atom stereocenters. The van der Waals surface area contributed by atoms with E-state index in [1.54, 1.807) is 0 Å². The standard InChI is InChI=1S/C15H15N3/c1-2-12-16-13-8-10-15(11-9-13)18-17-14-6-4-3-5-7-14/h2-11,16H,1,12H2. The number of benzene rings is 2. The van der Waals surface area contributed by atoms with Crippen LogP contribution in [-0.4, -0.2) is 6.54 Å². The third-order valence-electron chi connectivity index (χ3n) is 2.35. The minimum atomic E-state index is 0.755. The van der Waals surface area contributed by atoms with Crippen molar-refractivity contribution >= 4 is 17.1 Å². The lowest BCUT2D eigenvalue weighted by Crippen LogP contribution is -1.96. The molecule has 0 aliphatic rings. The zero-order chi connectivity index (χ0) is 12.6. The maximum atomic E-state index is 4.17. The number of hydrogen-bond donors (Lipinski definition) is 1. The van der Waals surface area contributed by atoms with E-state index in [1.165, 1.54) is 0 Å². The second-order valence-electron chi connectivity index (χ2n) is 3.75. The molecule has 0 amide bonds. The van der Waals surface area contributed by atoms with Gasteiger partial charge in [0.05, 0.1) is 11.4 Å². The number of anilines is 1. The van der Waals surface area contributed by atoms with Gasteiger partial charge in [-0.3, -0.25) is 0 Å². The number of rotatable bonds is 5. The first-order valence-corrected chi connectivity index (χ1v) is 5.80. The van der Waals surface area contributed by atoms with Crippen molar-refractivity contribution in [1.82, 2.24) is 0 Å². The molecule has 3 heteroatoms. The van der Waals surface area contributed by atoms with Crippen LogP contribution in [0.4, 0.5) is 17.1 Å². The van der Waals surface area contributed by atoms with Crippen LogP contribution in [0.15, 0.2) is 77.5 Å². The maximum absolute atomic E-state index is 4.17. The lowest BCUT2D eigenvalue weighted by atomic mass is 10.3. The van der Waals surface area contributed by atoms with Crippen LogP contribution in [0.2, 0.25) is 0 Å². The van der Waals surface area contributed by atoms with E-state index in [0.717, 1.165) is 23.6 Å². The van der Waals surface area contributed by atoms with Gasteiger partial charge >= 0.3 is 0 Å². The van der Waals surface area contributed by atoms with E-state index < -0.39 is 0 Å². The lowest BCUT2D eigenvalue weighted by molar-refractivity contribution is 1.23. The van der Waals surface area contributed by atoms with E-state index in [1.807, 2.05) is 60.7 Å². The molecule has 0 heterocycles. The molecule has 18 heavy (non-hydrogen) atoms. The molecule has 0 spiro atoms. The Morgan fingerprint density at radius 1 is 0.889 bits per heavy atom. The van der Waals surface area contributed by atoms with Crippen molar-refractivity contribution < 1.29 is 0 Å². The van der Waals surface area contributed by atoms with Gasteiger partial charge in [-0.2, -0.15) is 10.2 Å². The first-order valence-electron chi connectivity index (χ1n) is 5.80. The Morgan fingerprint density at radius 3 is 2.11 bits per heavy atom. The molecular formula is C15H15N3. The molecule has 0 bridgehead atoms. The van der Waals surface area contributed by atoms with E-state index in [2.05, 4.69) is 22.1 Å². The molecule has 3 nitrogen and oxygen atoms in total. The highest BCUT2D eigenvalue weighted by atomic mass is 15.1. The predicted molar refractivity (Wildman–Crippen MR) is 75.7 cm³/mol. The van der Waals surface area contributed by atoms with Gasteiger partial charge in [-0.25, -0.2) is 0 Å². The summed E-state index contributed by atoms with van der Waals surface area (Å²) in [7, 11) is 0. The van der Waals surface area contributed by atoms with Gasteiger partial charge in [-0.1, -0.05) is 24.3 Å². The van der Waals surface area contributed by atoms with Crippen molar-refractivity contribution in [3.63, 3.8) is 0 Å². The number of azo groups is 1. The van der Waals surface area contributed by atoms with Gasteiger partial charge in [-0.15, -0.1) is 6.58 Å². The maximum Gasteiger partial charge on any atom is 0.0858 e. The molecule has 2 rings (SSSR count). The molecular weight excluding hydrogens is 222 g/mol. The Hall–Kier alpha value is -2.42. The molecule has 0 fully saturated rings. The highest BCUT2D eigenvalue weighted by molar-refractivity contribution is 5.51. The number of hydrogen-bond acceptors (Lipinski definition) is 3. The summed E-state index contributed by atoms with van der Waals surface area (Å²) in [4.78, 5) is 0. The second-order valence-corrected chi connectivity index (χ2v) is 3.75. The van der Waals surface area contributed by atoms with E-state index in [4.69, 9.17) is 0 Å². The van der Waals surface area contributed by atoms with Crippen molar-refractivity contribution in [2.75, 3.05) is 11.9 Å². The minimum absolute atomic E-state index is 0.755. The molecule has 0 aromatic heterocycles. The van der Waals surface area contributed by atoms with E-state index in [-0.39, 0.29) is 0 Å². The lowest BCUT2D eigenvalue weighted by Gasteiger charge is -2.02. The third kappa shape index (κ3) is 3.56. The minimum Gasteiger partial charge on any atom is -0.382 e. The Kier molecular flexibility index (Phi) is 4.25. The fraction of sp³-hybridized carbons (Fsp3) is 0.0667. The van der Waals surface area contributed by atoms with Crippen LogP contribution in [0.3, 0.4) is 0 Å². The molecule has 2 aromatic rings. The molecule has 0 saturated heterocycles. The molecule has 1 N–H and O–H groups in total. The topological polar surface area (TPSA) is 36.8 Å². The molecule has 2 aromatic carbocycles. The fourth-order valence-electron chi connectivity index (χ4n) is 1.45. The van der Waals surface area contributed by atoms with Crippen LogP contribution < -0.4 is 5.32 Å². The number of nitrogens with zero attached hydrogens (tertiary/aromatic N) is 2. The SMILES string of the molecule is C=CCNc1ccc(N=Nc2ccccc2)cc1. The summed E-state index contributed by atoms with van der Waals surface area (Å²) in [5.74, 6) is 0. The van der Waals surface area contributed by atoms with Gasteiger partial charge in [-0.05, 0) is 36.4 Å². The van der Waals surface area contributed by atoms with Crippen molar-refractivity contribution in [3.05, 3.63) is 67.3 Å². The summed E-state index contributed by atoms with van der Waals surface area (Å²) in [5.41, 5.74) is 2.74. The third-order valence-corrected chi connectivity index (χ3v) is 2.35. The van der Waals surface area contributed by atoms with Crippen LogP contribution in [0.1, 0.15) is 0 Å². The Morgan fingerprint density at radius 2 is 1.50 bits per heavy atom. The average molecular weight is 237 g/mol. The summed E-state index contributed by atoms with van der Waals surface area (Å²) in [6, 6.07) is 17.5. The van der Waals surface area contributed by atoms with E-state index >= 15 is 0 Å². The van der Waals surface area contributed by atoms with Gasteiger partial charge in [0.1, 0.15) is 0 Å². The summed E-state index contributed by atoms with van der Waals surface area (Å²) >= 11 is 0. The van der Waals surface area contributed by atoms with Gasteiger partial charge in [0.15, 0.2) is 0 Å². The molecule has 0 aliphatic carbocycles. The van der Waals surface area contributed by atoms with Gasteiger partial charge in [0, 0.05) is 12.2 Å². The quantitative estimate of drug-likeness (QED) is 0.594. The summed E-state index contributed by atoms with van der Waals surface area (Å²) in [6.07, 6.45) is 1.82. The van der Waals surface area contributed by atoms with Crippen LogP contribution >= 0.6 is 0 Å². The second kappa shape index (κ2) is 6.35. The summed E-state index contributed by atoms with van der Waals surface area (Å²) < 4.78 is 0. The number of nitrogens with one attached hydrogen (secondary N) is 1. The van der Waals surface area contributed by atoms with Crippen molar-refractivity contribution in [2.45, 2.75) is 0 Å². The van der Waals surface area contributed by atoms with E-state index in [9.17, 15) is 0 Å². The molecule has 0 radical (unpaired) electrons. The van der Waals surface area contributed by atoms with Gasteiger partial charge in [0.2, 0.25) is 0 Å². The molecule has 90 valence electrons.